The monoisotopic (exact) mass is 569 g/mol. The Labute approximate surface area is 224 Å². The number of ether oxygens (including phenoxy) is 2. The van der Waals surface area contributed by atoms with E-state index in [-0.39, 0.29) is 11.9 Å². The van der Waals surface area contributed by atoms with Crippen molar-refractivity contribution in [2.75, 3.05) is 6.61 Å². The molecule has 1 aliphatic heterocycles. The number of hydroxylamine groups is 1. The quantitative estimate of drug-likeness (QED) is 0.248. The molecule has 39 heavy (non-hydrogen) atoms. The van der Waals surface area contributed by atoms with Crippen LogP contribution in [0.3, 0.4) is 0 Å². The van der Waals surface area contributed by atoms with Crippen LogP contribution in [0.2, 0.25) is 0 Å². The number of aliphatic hydroxyl groups is 1. The lowest BCUT2D eigenvalue weighted by atomic mass is 9.98. The summed E-state index contributed by atoms with van der Waals surface area (Å²) in [7, 11) is -3.24. The van der Waals surface area contributed by atoms with Crippen molar-refractivity contribution in [3.05, 3.63) is 63.4 Å². The average molecular weight is 570 g/mol. The lowest BCUT2D eigenvalue weighted by Gasteiger charge is -2.29. The van der Waals surface area contributed by atoms with Gasteiger partial charge in [-0.1, -0.05) is 29.5 Å². The average Bonchev–Trinajstić information content (AvgIpc) is 3.13. The summed E-state index contributed by atoms with van der Waals surface area (Å²) in [5.41, 5.74) is -4.06. The van der Waals surface area contributed by atoms with Crippen LogP contribution in [0.1, 0.15) is 52.2 Å². The number of para-hydroxylation sites is 1. The van der Waals surface area contributed by atoms with E-state index in [0.29, 0.717) is 0 Å². The van der Waals surface area contributed by atoms with Crippen LogP contribution in [0.15, 0.2) is 52.2 Å². The van der Waals surface area contributed by atoms with Crippen molar-refractivity contribution >= 4 is 14.1 Å². The fraction of sp³-hybridized carbons (Fsp3) is 0.560. The second-order valence-electron chi connectivity index (χ2n) is 9.82. The van der Waals surface area contributed by atoms with Crippen molar-refractivity contribution in [1.82, 2.24) is 14.4 Å². The summed E-state index contributed by atoms with van der Waals surface area (Å²) in [5.74, 6) is -0.397. The van der Waals surface area contributed by atoms with Gasteiger partial charge in [-0.15, -0.1) is 0 Å². The third-order valence-corrected chi connectivity index (χ3v) is 8.14. The molecular weight excluding hydrogens is 536 g/mol. The zero-order valence-electron chi connectivity index (χ0n) is 21.7. The highest BCUT2D eigenvalue weighted by Gasteiger charge is 2.55. The molecule has 1 aromatic heterocycles. The standard InChI is InChI=1S/C25H33FN3O9P/c1-16(22(32)36-17-9-5-3-6-10-17)29(39(34)38-18-11-7-4-8-12-18)35-15-19-21(31)25(2,26)23(37-19)28-14-13-20(30)27-24(28)33/h4,7-8,11-14,16-17,19,21,23,31,39H,3,5-6,9-10,15H2,1-2H3,(H,27,30,33)/t16-,19+,21+,23+,25+/m0/s1. The van der Waals surface area contributed by atoms with Gasteiger partial charge in [0.1, 0.15) is 30.1 Å². The summed E-state index contributed by atoms with van der Waals surface area (Å²) in [5, 5.41) is 10.7. The maximum absolute atomic E-state index is 15.6. The van der Waals surface area contributed by atoms with Gasteiger partial charge in [-0.05, 0) is 51.7 Å². The Bertz CT molecular complexity index is 1270. The Hall–Kier alpha value is -2.83. The minimum absolute atomic E-state index is 0.253. The molecule has 0 amide bonds. The number of alkyl halides is 1. The third kappa shape index (κ3) is 6.85. The Morgan fingerprint density at radius 1 is 1.26 bits per heavy atom. The number of aromatic amines is 1. The van der Waals surface area contributed by atoms with Crippen molar-refractivity contribution < 1.29 is 37.7 Å². The van der Waals surface area contributed by atoms with Crippen LogP contribution in [0.5, 0.6) is 5.75 Å². The first-order valence-corrected chi connectivity index (χ1v) is 14.1. The Kier molecular flexibility index (Phi) is 9.39. The van der Waals surface area contributed by atoms with Crippen LogP contribution in [0, 0.1) is 0 Å². The van der Waals surface area contributed by atoms with Crippen LogP contribution < -0.4 is 15.8 Å². The number of benzene rings is 1. The van der Waals surface area contributed by atoms with Gasteiger partial charge in [0.05, 0.1) is 6.61 Å². The minimum atomic E-state index is -3.24. The normalized spacial score (nSPS) is 27.3. The number of carbonyl (C=O) groups is 1. The Morgan fingerprint density at radius 2 is 1.95 bits per heavy atom. The van der Waals surface area contributed by atoms with Crippen LogP contribution in [0.4, 0.5) is 4.39 Å². The van der Waals surface area contributed by atoms with Gasteiger partial charge in [0.2, 0.25) is 0 Å². The number of carbonyl (C=O) groups excluding carboxylic acids is 1. The molecule has 2 aromatic rings. The molecule has 2 heterocycles. The second kappa shape index (κ2) is 12.6. The first-order valence-electron chi connectivity index (χ1n) is 12.8. The van der Waals surface area contributed by atoms with Gasteiger partial charge in [0.25, 0.3) is 5.56 Å². The van der Waals surface area contributed by atoms with Crippen molar-refractivity contribution in [3.8, 4) is 5.75 Å². The van der Waals surface area contributed by atoms with E-state index >= 15 is 4.39 Å². The molecule has 1 aliphatic carbocycles. The highest BCUT2D eigenvalue weighted by molar-refractivity contribution is 7.36. The van der Waals surface area contributed by atoms with E-state index in [1.165, 1.54) is 6.92 Å². The predicted octanol–water partition coefficient (Wildman–Crippen LogP) is 2.49. The molecule has 1 unspecified atom stereocenters. The van der Waals surface area contributed by atoms with Crippen molar-refractivity contribution in [3.63, 3.8) is 0 Å². The number of halogens is 1. The molecule has 14 heteroatoms. The summed E-state index contributed by atoms with van der Waals surface area (Å²) in [6.45, 7) is 1.95. The number of hydrogen-bond donors (Lipinski definition) is 2. The highest BCUT2D eigenvalue weighted by atomic mass is 31.1. The molecule has 12 nitrogen and oxygen atoms in total. The molecule has 1 saturated carbocycles. The summed E-state index contributed by atoms with van der Waals surface area (Å²) in [6.07, 6.45) is 0.529. The summed E-state index contributed by atoms with van der Waals surface area (Å²) < 4.78 is 46.3. The summed E-state index contributed by atoms with van der Waals surface area (Å²) in [6, 6.07) is 8.12. The molecule has 2 fully saturated rings. The molecule has 0 bridgehead atoms. The van der Waals surface area contributed by atoms with Crippen LogP contribution in [-0.2, 0) is 23.7 Å². The molecule has 1 saturated heterocycles. The lowest BCUT2D eigenvalue weighted by molar-refractivity contribution is -0.185. The highest BCUT2D eigenvalue weighted by Crippen LogP contribution is 2.41. The van der Waals surface area contributed by atoms with E-state index in [0.717, 1.165) is 60.7 Å². The van der Waals surface area contributed by atoms with Crippen LogP contribution >= 0.6 is 8.18 Å². The van der Waals surface area contributed by atoms with E-state index in [1.54, 1.807) is 30.3 Å². The molecule has 2 N–H and O–H groups in total. The number of H-pyrrole nitrogens is 1. The Balaban J connectivity index is 1.50. The van der Waals surface area contributed by atoms with E-state index in [1.807, 2.05) is 4.98 Å². The number of rotatable bonds is 10. The number of nitrogens with one attached hydrogen (secondary N) is 1. The molecule has 0 spiro atoms. The molecule has 6 atom stereocenters. The number of hydrogen-bond acceptors (Lipinski definition) is 9. The second-order valence-corrected chi connectivity index (χ2v) is 11.0. The fourth-order valence-corrected chi connectivity index (χ4v) is 5.64. The maximum atomic E-state index is 15.6. The predicted molar refractivity (Wildman–Crippen MR) is 137 cm³/mol. The first-order chi connectivity index (χ1) is 18.6. The van der Waals surface area contributed by atoms with Gasteiger partial charge in [-0.3, -0.25) is 28.5 Å². The minimum Gasteiger partial charge on any atom is -0.461 e. The molecule has 0 radical (unpaired) electrons. The van der Waals surface area contributed by atoms with Gasteiger partial charge in [-0.2, -0.15) is 0 Å². The number of aliphatic hydroxyl groups excluding tert-OH is 1. The van der Waals surface area contributed by atoms with Crippen LogP contribution in [-0.4, -0.2) is 62.1 Å². The largest absolute Gasteiger partial charge is 0.461 e. The fourth-order valence-electron chi connectivity index (χ4n) is 4.61. The van der Waals surface area contributed by atoms with Gasteiger partial charge in [0, 0.05) is 12.3 Å². The topological polar surface area (TPSA) is 149 Å². The number of esters is 1. The lowest BCUT2D eigenvalue weighted by Crippen LogP contribution is -2.44. The Morgan fingerprint density at radius 3 is 2.62 bits per heavy atom. The zero-order chi connectivity index (χ0) is 28.2. The van der Waals surface area contributed by atoms with Crippen molar-refractivity contribution in [2.24, 2.45) is 0 Å². The van der Waals surface area contributed by atoms with E-state index in [4.69, 9.17) is 18.8 Å². The SMILES string of the molecule is C[C@@H](C(=O)OC1CCCCC1)N(OC[C@H]1O[C@@H](n2ccc(=O)[nH]c2=O)[C@](C)(F)[C@@H]1O)[PH](=O)Oc1ccccc1. The summed E-state index contributed by atoms with van der Waals surface area (Å²) >= 11 is 0. The molecule has 2 aliphatic rings. The van der Waals surface area contributed by atoms with Gasteiger partial charge >= 0.3 is 19.8 Å². The maximum Gasteiger partial charge on any atom is 0.331 e. The van der Waals surface area contributed by atoms with E-state index in [2.05, 4.69) is 0 Å². The summed E-state index contributed by atoms with van der Waals surface area (Å²) in [4.78, 5) is 45.1. The van der Waals surface area contributed by atoms with Crippen molar-refractivity contribution in [2.45, 2.75) is 82.2 Å². The number of nitrogens with zero attached hydrogens (tertiary/aromatic N) is 2. The smallest absolute Gasteiger partial charge is 0.331 e. The molecular formula is C25H33FN3O9P. The van der Waals surface area contributed by atoms with E-state index < -0.39 is 62.2 Å². The first kappa shape index (κ1) is 29.2. The van der Waals surface area contributed by atoms with Gasteiger partial charge in [0.15, 0.2) is 11.9 Å². The van der Waals surface area contributed by atoms with Crippen molar-refractivity contribution in [1.29, 1.82) is 0 Å². The molecule has 1 aromatic carbocycles. The van der Waals surface area contributed by atoms with Gasteiger partial charge in [-0.25, -0.2) is 9.18 Å². The van der Waals surface area contributed by atoms with E-state index in [9.17, 15) is 24.1 Å². The zero-order valence-corrected chi connectivity index (χ0v) is 22.7. The molecule has 214 valence electrons. The third-order valence-electron chi connectivity index (χ3n) is 6.85. The molecule has 4 rings (SSSR count). The number of aromatic nitrogens is 2. The van der Waals surface area contributed by atoms with Crippen LogP contribution in [0.25, 0.3) is 0 Å². The van der Waals surface area contributed by atoms with Gasteiger partial charge < -0.3 is 19.1 Å².